The lowest BCUT2D eigenvalue weighted by molar-refractivity contribution is -0.234. The topological polar surface area (TPSA) is 36.9 Å². The normalized spacial score (nSPS) is 48.6. The summed E-state index contributed by atoms with van der Waals surface area (Å²) in [6.07, 6.45) is 0.0857. The molecule has 2 aliphatic rings. The van der Waals surface area contributed by atoms with E-state index in [4.69, 9.17) is 17.3 Å². The van der Waals surface area contributed by atoms with Gasteiger partial charge in [-0.05, 0) is 0 Å². The third kappa shape index (κ3) is 1.43. The Hall–Kier alpha value is 0.635. The molecule has 4 atom stereocenters. The third-order valence-electron chi connectivity index (χ3n) is 2.78. The fraction of sp³-hybridized carbons (Fsp3) is 1.00. The van der Waals surface area contributed by atoms with Crippen molar-refractivity contribution < 1.29 is 17.3 Å². The van der Waals surface area contributed by atoms with E-state index in [-0.39, 0.29) is 23.8 Å². The van der Waals surface area contributed by atoms with E-state index in [1.165, 1.54) is 0 Å². The molecule has 0 N–H and O–H groups in total. The lowest BCUT2D eigenvalue weighted by atomic mass is 9.86. The summed E-state index contributed by atoms with van der Waals surface area (Å²) in [5.41, 5.74) is -0.249. The zero-order valence-electron chi connectivity index (χ0n) is 7.66. The molecule has 6 heteroatoms. The second-order valence-corrected chi connectivity index (χ2v) is 4.20. The van der Waals surface area contributed by atoms with Crippen molar-refractivity contribution in [1.82, 2.24) is 0 Å². The largest absolute Gasteiger partial charge is 0.377 e. The highest BCUT2D eigenvalue weighted by atomic mass is 127. The summed E-state index contributed by atoms with van der Waals surface area (Å²) in [5, 5.41) is 0. The van der Waals surface area contributed by atoms with Gasteiger partial charge >= 0.3 is 0 Å². The zero-order chi connectivity index (χ0) is 9.47. The van der Waals surface area contributed by atoms with Crippen LogP contribution in [-0.4, -0.2) is 52.0 Å². The van der Waals surface area contributed by atoms with Crippen LogP contribution in [0.1, 0.15) is 0 Å². The lowest BCUT2D eigenvalue weighted by Gasteiger charge is -2.43. The number of fused-ring (bicyclic) bond motifs is 1. The quantitative estimate of drug-likeness (QED) is 0.520. The number of ether oxygens (including phenoxy) is 3. The highest BCUT2D eigenvalue weighted by Crippen LogP contribution is 2.41. The number of hydrogen-bond donors (Lipinski definition) is 0. The van der Waals surface area contributed by atoms with Crippen LogP contribution in [-0.2, 0) is 17.3 Å². The number of halogens is 1. The SMILES string of the molecule is BC1OC2(COI)COC2C1OC. The molecule has 2 rings (SSSR count). The predicted octanol–water partition coefficient (Wildman–Crippen LogP) is -0.505. The Balaban J connectivity index is 2.08. The summed E-state index contributed by atoms with van der Waals surface area (Å²) in [6.45, 7) is 1.19. The zero-order valence-corrected chi connectivity index (χ0v) is 9.81. The van der Waals surface area contributed by atoms with Crippen molar-refractivity contribution in [3.63, 3.8) is 0 Å². The monoisotopic (exact) mass is 298 g/mol. The molecule has 0 saturated carbocycles. The van der Waals surface area contributed by atoms with E-state index in [2.05, 4.69) is 0 Å². The van der Waals surface area contributed by atoms with Crippen molar-refractivity contribution >= 4 is 30.9 Å². The molecule has 2 fully saturated rings. The first-order valence-electron chi connectivity index (χ1n) is 4.29. The number of hydrogen-bond acceptors (Lipinski definition) is 4. The first-order chi connectivity index (χ1) is 6.23. The van der Waals surface area contributed by atoms with E-state index in [9.17, 15) is 0 Å². The molecule has 0 aromatic carbocycles. The van der Waals surface area contributed by atoms with E-state index in [1.807, 2.05) is 30.9 Å². The number of rotatable bonds is 3. The minimum absolute atomic E-state index is 0.0419. The molecular weight excluding hydrogens is 286 g/mol. The molecule has 2 aliphatic heterocycles. The molecule has 74 valence electrons. The molecule has 2 heterocycles. The van der Waals surface area contributed by atoms with Crippen molar-refractivity contribution in [1.29, 1.82) is 0 Å². The average molecular weight is 298 g/mol. The first-order valence-corrected chi connectivity index (χ1v) is 5.17. The van der Waals surface area contributed by atoms with E-state index in [0.717, 1.165) is 0 Å². The molecule has 4 nitrogen and oxygen atoms in total. The fourth-order valence-electron chi connectivity index (χ4n) is 2.11. The maximum Gasteiger partial charge on any atom is 0.144 e. The van der Waals surface area contributed by atoms with Crippen molar-refractivity contribution in [3.8, 4) is 0 Å². The van der Waals surface area contributed by atoms with Gasteiger partial charge in [-0.2, -0.15) is 0 Å². The maximum atomic E-state index is 5.81. The highest BCUT2D eigenvalue weighted by molar-refractivity contribution is 14.1. The molecule has 2 saturated heterocycles. The van der Waals surface area contributed by atoms with Crippen LogP contribution < -0.4 is 0 Å². The van der Waals surface area contributed by atoms with Crippen LogP contribution in [0.15, 0.2) is 0 Å². The van der Waals surface area contributed by atoms with Crippen LogP contribution in [0, 0.1) is 0 Å². The molecular formula is C7H12BIO4. The molecule has 0 aromatic heterocycles. The Morgan fingerprint density at radius 2 is 2.46 bits per heavy atom. The molecule has 0 spiro atoms. The summed E-state index contributed by atoms with van der Waals surface area (Å²) in [5.74, 6) is 0. The van der Waals surface area contributed by atoms with Crippen LogP contribution in [0.2, 0.25) is 0 Å². The number of methoxy groups -OCH3 is 1. The third-order valence-corrected chi connectivity index (χ3v) is 3.09. The Kier molecular flexibility index (Phi) is 2.86. The Bertz CT molecular complexity index is 205. The maximum absolute atomic E-state index is 5.81. The van der Waals surface area contributed by atoms with Gasteiger partial charge in [0, 0.05) is 7.11 Å². The van der Waals surface area contributed by atoms with Gasteiger partial charge in [-0.1, -0.05) is 0 Å². The standard InChI is InChI=1S/C7H12BIO4/c1-10-4-5-7(2-11-5,3-12-9)13-6(4)8/h4-6H,2-3,8H2,1H3. The van der Waals surface area contributed by atoms with Gasteiger partial charge in [-0.25, -0.2) is 0 Å². The molecule has 0 aliphatic carbocycles. The Morgan fingerprint density at radius 3 is 2.92 bits per heavy atom. The predicted molar refractivity (Wildman–Crippen MR) is 56.7 cm³/mol. The summed E-state index contributed by atoms with van der Waals surface area (Å²) < 4.78 is 21.7. The average Bonchev–Trinajstić information content (AvgIpc) is 2.26. The van der Waals surface area contributed by atoms with Crippen LogP contribution in [0.5, 0.6) is 0 Å². The Morgan fingerprint density at radius 1 is 1.69 bits per heavy atom. The van der Waals surface area contributed by atoms with Crippen molar-refractivity contribution in [3.05, 3.63) is 0 Å². The van der Waals surface area contributed by atoms with Gasteiger partial charge in [0.25, 0.3) is 0 Å². The van der Waals surface area contributed by atoms with Gasteiger partial charge in [-0.15, -0.1) is 0 Å². The fourth-order valence-corrected chi connectivity index (χ4v) is 2.64. The lowest BCUT2D eigenvalue weighted by Crippen LogP contribution is -2.61. The van der Waals surface area contributed by atoms with Gasteiger partial charge in [-0.3, -0.25) is 0 Å². The van der Waals surface area contributed by atoms with Gasteiger partial charge in [0.05, 0.1) is 19.2 Å². The van der Waals surface area contributed by atoms with Gasteiger partial charge in [0.2, 0.25) is 0 Å². The first kappa shape index (κ1) is 10.2. The van der Waals surface area contributed by atoms with Crippen LogP contribution >= 0.6 is 23.0 Å². The molecule has 13 heavy (non-hydrogen) atoms. The van der Waals surface area contributed by atoms with Gasteiger partial charge in [0.15, 0.2) is 0 Å². The van der Waals surface area contributed by atoms with E-state index >= 15 is 0 Å². The van der Waals surface area contributed by atoms with Crippen LogP contribution in [0.25, 0.3) is 0 Å². The van der Waals surface area contributed by atoms with Crippen molar-refractivity contribution in [2.45, 2.75) is 23.8 Å². The van der Waals surface area contributed by atoms with E-state index < -0.39 is 0 Å². The van der Waals surface area contributed by atoms with Crippen molar-refractivity contribution in [2.75, 3.05) is 20.3 Å². The molecule has 0 amide bonds. The summed E-state index contributed by atoms with van der Waals surface area (Å²) >= 11 is 1.88. The highest BCUT2D eigenvalue weighted by Gasteiger charge is 2.61. The molecule has 0 radical (unpaired) electrons. The van der Waals surface area contributed by atoms with Crippen molar-refractivity contribution in [2.24, 2.45) is 0 Å². The molecule has 0 bridgehead atoms. The molecule has 0 aromatic rings. The smallest absolute Gasteiger partial charge is 0.144 e. The summed E-state index contributed by atoms with van der Waals surface area (Å²) in [4.78, 5) is 0. The van der Waals surface area contributed by atoms with Crippen LogP contribution in [0.3, 0.4) is 0 Å². The van der Waals surface area contributed by atoms with Crippen LogP contribution in [0.4, 0.5) is 0 Å². The van der Waals surface area contributed by atoms with Gasteiger partial charge < -0.3 is 17.3 Å². The summed E-state index contributed by atoms with van der Waals surface area (Å²) in [7, 11) is 3.69. The minimum Gasteiger partial charge on any atom is -0.377 e. The minimum atomic E-state index is -0.249. The summed E-state index contributed by atoms with van der Waals surface area (Å²) in [6, 6.07) is 0.0871. The Labute approximate surface area is 92.3 Å². The molecule has 4 unspecified atom stereocenters. The van der Waals surface area contributed by atoms with E-state index in [1.54, 1.807) is 7.11 Å². The van der Waals surface area contributed by atoms with E-state index in [0.29, 0.717) is 13.2 Å². The van der Waals surface area contributed by atoms with Gasteiger partial charge in [0.1, 0.15) is 48.7 Å². The second-order valence-electron chi connectivity index (χ2n) is 3.57. The second kappa shape index (κ2) is 3.65.